The van der Waals surface area contributed by atoms with Gasteiger partial charge in [0.25, 0.3) is 0 Å². The second-order valence-electron chi connectivity index (χ2n) is 4.83. The predicted molar refractivity (Wildman–Crippen MR) is 58.9 cm³/mol. The molecule has 0 N–H and O–H groups in total. The number of rotatable bonds is 3. The molecular weight excluding hydrogens is 158 g/mol. The van der Waals surface area contributed by atoms with E-state index in [9.17, 15) is 0 Å². The maximum absolute atomic E-state index is 2.49. The van der Waals surface area contributed by atoms with Gasteiger partial charge in [-0.1, -0.05) is 26.7 Å². The summed E-state index contributed by atoms with van der Waals surface area (Å²) < 4.78 is 0. The SMILES string of the molecule is CCN(C)C(C)C1CCC(C)CC1. The van der Waals surface area contributed by atoms with E-state index in [0.29, 0.717) is 0 Å². The molecule has 1 rings (SSSR count). The van der Waals surface area contributed by atoms with Gasteiger partial charge in [-0.25, -0.2) is 0 Å². The molecule has 1 aliphatic rings. The summed E-state index contributed by atoms with van der Waals surface area (Å²) in [6.45, 7) is 8.23. The van der Waals surface area contributed by atoms with Crippen LogP contribution in [0.2, 0.25) is 0 Å². The van der Waals surface area contributed by atoms with Crippen molar-refractivity contribution >= 4 is 0 Å². The van der Waals surface area contributed by atoms with Gasteiger partial charge in [-0.3, -0.25) is 0 Å². The van der Waals surface area contributed by atoms with Gasteiger partial charge in [-0.15, -0.1) is 0 Å². The van der Waals surface area contributed by atoms with E-state index in [1.807, 2.05) is 0 Å². The summed E-state index contributed by atoms with van der Waals surface area (Å²) in [6.07, 6.45) is 5.80. The van der Waals surface area contributed by atoms with E-state index < -0.39 is 0 Å². The van der Waals surface area contributed by atoms with Crippen molar-refractivity contribution in [1.82, 2.24) is 4.90 Å². The van der Waals surface area contributed by atoms with Gasteiger partial charge in [-0.05, 0) is 45.2 Å². The highest BCUT2D eigenvalue weighted by Gasteiger charge is 2.24. The minimum atomic E-state index is 0.789. The van der Waals surface area contributed by atoms with Crippen LogP contribution in [0.5, 0.6) is 0 Å². The van der Waals surface area contributed by atoms with Crippen molar-refractivity contribution in [1.29, 1.82) is 0 Å². The van der Waals surface area contributed by atoms with Gasteiger partial charge in [0.15, 0.2) is 0 Å². The van der Waals surface area contributed by atoms with Gasteiger partial charge < -0.3 is 4.90 Å². The fourth-order valence-electron chi connectivity index (χ4n) is 2.42. The van der Waals surface area contributed by atoms with Crippen LogP contribution in [0.3, 0.4) is 0 Å². The van der Waals surface area contributed by atoms with E-state index in [4.69, 9.17) is 0 Å². The highest BCUT2D eigenvalue weighted by Crippen LogP contribution is 2.31. The molecule has 1 unspecified atom stereocenters. The lowest BCUT2D eigenvalue weighted by atomic mass is 9.79. The first-order chi connectivity index (χ1) is 6.15. The predicted octanol–water partition coefficient (Wildman–Crippen LogP) is 3.15. The number of hydrogen-bond donors (Lipinski definition) is 0. The standard InChI is InChI=1S/C12H25N/c1-5-13(4)11(3)12-8-6-10(2)7-9-12/h10-12H,5-9H2,1-4H3. The van der Waals surface area contributed by atoms with Crippen LogP contribution in [0.4, 0.5) is 0 Å². The molecule has 1 saturated carbocycles. The molecule has 0 saturated heterocycles. The Kier molecular flexibility index (Phi) is 4.24. The van der Waals surface area contributed by atoms with E-state index in [2.05, 4.69) is 32.7 Å². The molecule has 1 nitrogen and oxygen atoms in total. The minimum Gasteiger partial charge on any atom is -0.304 e. The van der Waals surface area contributed by atoms with E-state index >= 15 is 0 Å². The third kappa shape index (κ3) is 2.98. The lowest BCUT2D eigenvalue weighted by Gasteiger charge is -2.35. The zero-order valence-electron chi connectivity index (χ0n) is 9.71. The lowest BCUT2D eigenvalue weighted by molar-refractivity contribution is 0.148. The number of hydrogen-bond acceptors (Lipinski definition) is 1. The van der Waals surface area contributed by atoms with Crippen LogP contribution >= 0.6 is 0 Å². The van der Waals surface area contributed by atoms with Crippen LogP contribution in [-0.2, 0) is 0 Å². The maximum Gasteiger partial charge on any atom is 0.00920 e. The second kappa shape index (κ2) is 4.99. The van der Waals surface area contributed by atoms with Crippen LogP contribution in [0.25, 0.3) is 0 Å². The van der Waals surface area contributed by atoms with Crippen molar-refractivity contribution in [2.45, 2.75) is 52.5 Å². The third-order valence-corrected chi connectivity index (χ3v) is 3.94. The van der Waals surface area contributed by atoms with Crippen molar-refractivity contribution in [2.24, 2.45) is 11.8 Å². The smallest absolute Gasteiger partial charge is 0.00920 e. The molecule has 0 aromatic carbocycles. The molecule has 0 aromatic heterocycles. The Labute approximate surface area is 83.5 Å². The zero-order chi connectivity index (χ0) is 9.84. The minimum absolute atomic E-state index is 0.789. The first-order valence-corrected chi connectivity index (χ1v) is 5.85. The van der Waals surface area contributed by atoms with Crippen molar-refractivity contribution in [3.8, 4) is 0 Å². The Morgan fingerprint density at radius 2 is 1.77 bits per heavy atom. The Morgan fingerprint density at radius 3 is 2.23 bits per heavy atom. The van der Waals surface area contributed by atoms with Gasteiger partial charge in [0.1, 0.15) is 0 Å². The monoisotopic (exact) mass is 183 g/mol. The van der Waals surface area contributed by atoms with Gasteiger partial charge >= 0.3 is 0 Å². The van der Waals surface area contributed by atoms with Crippen LogP contribution in [0.15, 0.2) is 0 Å². The molecule has 1 heteroatoms. The van der Waals surface area contributed by atoms with Gasteiger partial charge in [0.05, 0.1) is 0 Å². The molecule has 1 aliphatic carbocycles. The van der Waals surface area contributed by atoms with Crippen molar-refractivity contribution in [3.05, 3.63) is 0 Å². The van der Waals surface area contributed by atoms with Gasteiger partial charge in [0.2, 0.25) is 0 Å². The molecule has 0 aliphatic heterocycles. The topological polar surface area (TPSA) is 3.24 Å². The third-order valence-electron chi connectivity index (χ3n) is 3.94. The summed E-state index contributed by atoms with van der Waals surface area (Å²) >= 11 is 0. The van der Waals surface area contributed by atoms with E-state index in [0.717, 1.165) is 17.9 Å². The summed E-state index contributed by atoms with van der Waals surface area (Å²) in [4.78, 5) is 2.49. The molecule has 1 fully saturated rings. The fourth-order valence-corrected chi connectivity index (χ4v) is 2.42. The zero-order valence-corrected chi connectivity index (χ0v) is 9.71. The lowest BCUT2D eigenvalue weighted by Crippen LogP contribution is -2.37. The molecular formula is C12H25N. The first-order valence-electron chi connectivity index (χ1n) is 5.85. The highest BCUT2D eigenvalue weighted by atomic mass is 15.1. The molecule has 0 amide bonds. The summed E-state index contributed by atoms with van der Waals surface area (Å²) in [5, 5.41) is 0. The fraction of sp³-hybridized carbons (Fsp3) is 1.00. The maximum atomic E-state index is 2.49. The summed E-state index contributed by atoms with van der Waals surface area (Å²) in [5.74, 6) is 1.94. The summed E-state index contributed by atoms with van der Waals surface area (Å²) in [5.41, 5.74) is 0. The van der Waals surface area contributed by atoms with Crippen LogP contribution in [-0.4, -0.2) is 24.5 Å². The average Bonchev–Trinajstić information content (AvgIpc) is 2.17. The molecule has 0 spiro atoms. The van der Waals surface area contributed by atoms with Crippen LogP contribution in [0, 0.1) is 11.8 Å². The Morgan fingerprint density at radius 1 is 1.23 bits per heavy atom. The Bertz CT molecular complexity index is 136. The van der Waals surface area contributed by atoms with E-state index in [-0.39, 0.29) is 0 Å². The van der Waals surface area contributed by atoms with Crippen molar-refractivity contribution in [2.75, 3.05) is 13.6 Å². The summed E-state index contributed by atoms with van der Waals surface area (Å²) in [7, 11) is 2.25. The van der Waals surface area contributed by atoms with Crippen LogP contribution < -0.4 is 0 Å². The van der Waals surface area contributed by atoms with Gasteiger partial charge in [-0.2, -0.15) is 0 Å². The Hall–Kier alpha value is -0.0400. The average molecular weight is 183 g/mol. The van der Waals surface area contributed by atoms with E-state index in [1.54, 1.807) is 0 Å². The molecule has 0 aromatic rings. The van der Waals surface area contributed by atoms with Crippen molar-refractivity contribution in [3.63, 3.8) is 0 Å². The van der Waals surface area contributed by atoms with E-state index in [1.165, 1.54) is 32.2 Å². The quantitative estimate of drug-likeness (QED) is 0.649. The molecule has 78 valence electrons. The molecule has 13 heavy (non-hydrogen) atoms. The van der Waals surface area contributed by atoms with Crippen LogP contribution in [0.1, 0.15) is 46.5 Å². The molecule has 1 atom stereocenters. The highest BCUT2D eigenvalue weighted by molar-refractivity contribution is 4.78. The molecule has 0 radical (unpaired) electrons. The Balaban J connectivity index is 2.35. The van der Waals surface area contributed by atoms with Crippen molar-refractivity contribution < 1.29 is 0 Å². The summed E-state index contributed by atoms with van der Waals surface area (Å²) in [6, 6.07) is 0.789. The number of nitrogens with zero attached hydrogens (tertiary/aromatic N) is 1. The normalized spacial score (nSPS) is 32.1. The first kappa shape index (κ1) is 11.0. The largest absolute Gasteiger partial charge is 0.304 e. The van der Waals surface area contributed by atoms with Gasteiger partial charge in [0, 0.05) is 6.04 Å². The molecule has 0 bridgehead atoms. The molecule has 0 heterocycles. The second-order valence-corrected chi connectivity index (χ2v) is 4.83.